The minimum atomic E-state index is -1.01. The fraction of sp³-hybridized carbons (Fsp3) is 0.0556. The first-order valence-corrected chi connectivity index (χ1v) is 8.18. The summed E-state index contributed by atoms with van der Waals surface area (Å²) in [5.41, 5.74) is 1.17. The number of nitrogens with one attached hydrogen (secondary N) is 2. The number of carbonyl (C=O) groups is 2. The Morgan fingerprint density at radius 3 is 2.70 bits per heavy atom. The number of hydrogen-bond donors (Lipinski definition) is 2. The molecular formula is C18H13ClN4O4. The number of benzene rings is 2. The van der Waals surface area contributed by atoms with Gasteiger partial charge in [0, 0.05) is 29.4 Å². The van der Waals surface area contributed by atoms with Crippen molar-refractivity contribution in [2.75, 3.05) is 5.32 Å². The molecule has 1 aliphatic rings. The van der Waals surface area contributed by atoms with Gasteiger partial charge < -0.3 is 10.6 Å². The Bertz CT molecular complexity index is 970. The lowest BCUT2D eigenvalue weighted by molar-refractivity contribution is -0.384. The zero-order valence-electron chi connectivity index (χ0n) is 13.8. The summed E-state index contributed by atoms with van der Waals surface area (Å²) in [5.74, 6) is -1.04. The van der Waals surface area contributed by atoms with Crippen LogP contribution in [0.15, 0.2) is 53.5 Å². The molecule has 0 spiro atoms. The molecule has 0 unspecified atom stereocenters. The van der Waals surface area contributed by atoms with Gasteiger partial charge >= 0.3 is 0 Å². The van der Waals surface area contributed by atoms with Crippen molar-refractivity contribution < 1.29 is 14.5 Å². The molecule has 8 nitrogen and oxygen atoms in total. The fourth-order valence-electron chi connectivity index (χ4n) is 2.33. The lowest BCUT2D eigenvalue weighted by Crippen LogP contribution is -2.43. The number of nitrogens with zero attached hydrogens (tertiary/aromatic N) is 2. The molecule has 1 heterocycles. The third-order valence-corrected chi connectivity index (χ3v) is 3.94. The summed E-state index contributed by atoms with van der Waals surface area (Å²) in [6, 6.07) is 9.80. The number of fused-ring (bicyclic) bond motifs is 1. The molecule has 0 aromatic heterocycles. The summed E-state index contributed by atoms with van der Waals surface area (Å²) in [5, 5.41) is 16.5. The average Bonchev–Trinajstić information content (AvgIpc) is 2.79. The first-order valence-electron chi connectivity index (χ1n) is 7.80. The number of aliphatic imine (C=N–C) groups is 1. The molecule has 1 atom stereocenters. The van der Waals surface area contributed by atoms with Gasteiger partial charge in [0.25, 0.3) is 11.6 Å². The third kappa shape index (κ3) is 4.56. The van der Waals surface area contributed by atoms with Crippen LogP contribution < -0.4 is 10.6 Å². The highest BCUT2D eigenvalue weighted by molar-refractivity contribution is 6.30. The summed E-state index contributed by atoms with van der Waals surface area (Å²) in [6.45, 7) is 0. The van der Waals surface area contributed by atoms with Crippen LogP contribution >= 0.6 is 11.6 Å². The summed E-state index contributed by atoms with van der Waals surface area (Å²) >= 11 is 5.80. The van der Waals surface area contributed by atoms with Crippen LogP contribution in [0.4, 0.5) is 17.1 Å². The SMILES string of the molecule is O=C(/C=C\c1ccc(Cl)cc1)N[C@H]1C=Nc2ccc([N+](=O)[O-])cc2NC1=O. The lowest BCUT2D eigenvalue weighted by Gasteiger charge is -2.11. The van der Waals surface area contributed by atoms with E-state index in [1.54, 1.807) is 30.3 Å². The molecule has 136 valence electrons. The smallest absolute Gasteiger partial charge is 0.271 e. The predicted molar refractivity (Wildman–Crippen MR) is 102 cm³/mol. The summed E-state index contributed by atoms with van der Waals surface area (Å²) in [4.78, 5) is 38.8. The number of halogens is 1. The van der Waals surface area contributed by atoms with E-state index in [-0.39, 0.29) is 11.4 Å². The van der Waals surface area contributed by atoms with Gasteiger partial charge in [0.2, 0.25) is 5.91 Å². The molecule has 1 aliphatic heterocycles. The van der Waals surface area contributed by atoms with Gasteiger partial charge in [0.05, 0.1) is 16.3 Å². The topological polar surface area (TPSA) is 114 Å². The molecule has 0 fully saturated rings. The van der Waals surface area contributed by atoms with Crippen molar-refractivity contribution in [2.24, 2.45) is 4.99 Å². The number of hydrogen-bond acceptors (Lipinski definition) is 5. The largest absolute Gasteiger partial charge is 0.336 e. The molecule has 0 radical (unpaired) electrons. The second-order valence-electron chi connectivity index (χ2n) is 5.60. The molecule has 3 rings (SSSR count). The van der Waals surface area contributed by atoms with Crippen molar-refractivity contribution in [1.29, 1.82) is 0 Å². The van der Waals surface area contributed by atoms with Crippen molar-refractivity contribution in [3.05, 3.63) is 69.2 Å². The molecule has 9 heteroatoms. The zero-order valence-corrected chi connectivity index (χ0v) is 14.5. The minimum Gasteiger partial charge on any atom is -0.336 e. The van der Waals surface area contributed by atoms with E-state index < -0.39 is 22.8 Å². The van der Waals surface area contributed by atoms with Crippen LogP contribution in [-0.4, -0.2) is 29.0 Å². The van der Waals surface area contributed by atoms with E-state index in [0.29, 0.717) is 10.7 Å². The molecule has 0 saturated heterocycles. The maximum atomic E-state index is 12.3. The van der Waals surface area contributed by atoms with Gasteiger partial charge in [0.15, 0.2) is 0 Å². The van der Waals surface area contributed by atoms with Crippen LogP contribution in [0.3, 0.4) is 0 Å². The quantitative estimate of drug-likeness (QED) is 0.479. The molecule has 2 aromatic rings. The van der Waals surface area contributed by atoms with E-state index >= 15 is 0 Å². The highest BCUT2D eigenvalue weighted by Crippen LogP contribution is 2.30. The van der Waals surface area contributed by atoms with E-state index in [1.807, 2.05) is 0 Å². The van der Waals surface area contributed by atoms with Crippen LogP contribution in [0.2, 0.25) is 5.02 Å². The maximum absolute atomic E-state index is 12.3. The van der Waals surface area contributed by atoms with Crippen molar-refractivity contribution in [1.82, 2.24) is 5.32 Å². The first-order chi connectivity index (χ1) is 12.9. The Labute approximate surface area is 158 Å². The highest BCUT2D eigenvalue weighted by atomic mass is 35.5. The maximum Gasteiger partial charge on any atom is 0.271 e. The number of amides is 2. The Kier molecular flexibility index (Phi) is 5.28. The highest BCUT2D eigenvalue weighted by Gasteiger charge is 2.23. The Hall–Kier alpha value is -3.52. The number of anilines is 1. The van der Waals surface area contributed by atoms with Crippen LogP contribution in [0.1, 0.15) is 5.56 Å². The second-order valence-corrected chi connectivity index (χ2v) is 6.03. The van der Waals surface area contributed by atoms with E-state index in [0.717, 1.165) is 5.56 Å². The molecular weight excluding hydrogens is 372 g/mol. The third-order valence-electron chi connectivity index (χ3n) is 3.69. The van der Waals surface area contributed by atoms with Gasteiger partial charge in [-0.25, -0.2) is 0 Å². The van der Waals surface area contributed by atoms with Gasteiger partial charge in [-0.1, -0.05) is 23.7 Å². The normalized spacial score (nSPS) is 15.7. The van der Waals surface area contributed by atoms with Crippen LogP contribution in [0, 0.1) is 10.1 Å². The molecule has 0 aliphatic carbocycles. The number of nitro benzene ring substituents is 1. The fourth-order valence-corrected chi connectivity index (χ4v) is 2.46. The zero-order chi connectivity index (χ0) is 19.4. The van der Waals surface area contributed by atoms with Gasteiger partial charge in [-0.3, -0.25) is 24.7 Å². The summed E-state index contributed by atoms with van der Waals surface area (Å²) in [6.07, 6.45) is 4.14. The molecule has 2 aromatic carbocycles. The summed E-state index contributed by atoms with van der Waals surface area (Å²) in [7, 11) is 0. The number of nitro groups is 1. The van der Waals surface area contributed by atoms with Crippen molar-refractivity contribution in [3.63, 3.8) is 0 Å². The van der Waals surface area contributed by atoms with Crippen molar-refractivity contribution >= 4 is 52.8 Å². The van der Waals surface area contributed by atoms with Crippen molar-refractivity contribution in [2.45, 2.75) is 6.04 Å². The Morgan fingerprint density at radius 1 is 1.26 bits per heavy atom. The number of carbonyl (C=O) groups excluding carboxylic acids is 2. The van der Waals surface area contributed by atoms with Crippen LogP contribution in [-0.2, 0) is 9.59 Å². The molecule has 0 bridgehead atoms. The lowest BCUT2D eigenvalue weighted by atomic mass is 10.2. The average molecular weight is 385 g/mol. The second kappa shape index (κ2) is 7.79. The molecule has 0 saturated carbocycles. The molecule has 2 amide bonds. The van der Waals surface area contributed by atoms with Gasteiger partial charge in [-0.2, -0.15) is 0 Å². The first kappa shape index (κ1) is 18.3. The summed E-state index contributed by atoms with van der Waals surface area (Å²) < 4.78 is 0. The molecule has 2 N–H and O–H groups in total. The number of rotatable bonds is 4. The molecule has 27 heavy (non-hydrogen) atoms. The Morgan fingerprint density at radius 2 is 2.00 bits per heavy atom. The van der Waals surface area contributed by atoms with Gasteiger partial charge in [0.1, 0.15) is 6.04 Å². The van der Waals surface area contributed by atoms with E-state index in [4.69, 9.17) is 11.6 Å². The Balaban J connectivity index is 1.69. The monoisotopic (exact) mass is 384 g/mol. The number of non-ortho nitro benzene ring substituents is 1. The van der Waals surface area contributed by atoms with Gasteiger partial charge in [-0.15, -0.1) is 0 Å². The van der Waals surface area contributed by atoms with Crippen LogP contribution in [0.5, 0.6) is 0 Å². The van der Waals surface area contributed by atoms with E-state index in [9.17, 15) is 19.7 Å². The van der Waals surface area contributed by atoms with Gasteiger partial charge in [-0.05, 0) is 29.8 Å². The van der Waals surface area contributed by atoms with E-state index in [1.165, 1.54) is 30.5 Å². The van der Waals surface area contributed by atoms with E-state index in [2.05, 4.69) is 15.6 Å². The predicted octanol–water partition coefficient (Wildman–Crippen LogP) is 3.10. The standard InChI is InChI=1S/C18H13ClN4O4/c19-12-4-1-11(2-5-12)3-8-17(24)21-16-10-20-14-7-6-13(23(26)27)9-15(14)22-18(16)25/h1-10,16H,(H,21,24)(H,22,25)/b8-3-/t16-/m0/s1. The van der Waals surface area contributed by atoms with Crippen molar-refractivity contribution in [3.8, 4) is 0 Å². The van der Waals surface area contributed by atoms with Crippen LogP contribution in [0.25, 0.3) is 6.08 Å². The minimum absolute atomic E-state index is 0.169.